The van der Waals surface area contributed by atoms with E-state index in [1.807, 2.05) is 0 Å². The van der Waals surface area contributed by atoms with Crippen LogP contribution in [0.5, 0.6) is 0 Å². The van der Waals surface area contributed by atoms with Gasteiger partial charge in [0.15, 0.2) is 0 Å². The molecule has 0 bridgehead atoms. The molecule has 0 unspecified atom stereocenters. The van der Waals surface area contributed by atoms with E-state index in [1.165, 1.54) is 16.3 Å². The SMILES string of the molecule is C/C=C/Cc1ccc2ccccc2c1. The van der Waals surface area contributed by atoms with Crippen LogP contribution in [0.15, 0.2) is 54.6 Å². The molecule has 0 aromatic heterocycles. The summed E-state index contributed by atoms with van der Waals surface area (Å²) in [6.07, 6.45) is 5.31. The fraction of sp³-hybridized carbons (Fsp3) is 0.143. The van der Waals surface area contributed by atoms with Crippen LogP contribution in [0, 0.1) is 0 Å². The van der Waals surface area contributed by atoms with Gasteiger partial charge >= 0.3 is 0 Å². The summed E-state index contributed by atoms with van der Waals surface area (Å²) in [4.78, 5) is 0. The van der Waals surface area contributed by atoms with Crippen LogP contribution in [0.2, 0.25) is 0 Å². The average molecular weight is 182 g/mol. The number of fused-ring (bicyclic) bond motifs is 1. The smallest absolute Gasteiger partial charge is 0.00973 e. The Balaban J connectivity index is 2.41. The molecule has 0 amide bonds. The molecule has 0 atom stereocenters. The van der Waals surface area contributed by atoms with Crippen molar-refractivity contribution in [1.82, 2.24) is 0 Å². The van der Waals surface area contributed by atoms with Gasteiger partial charge in [-0.25, -0.2) is 0 Å². The lowest BCUT2D eigenvalue weighted by molar-refractivity contribution is 1.27. The van der Waals surface area contributed by atoms with E-state index in [0.29, 0.717) is 0 Å². The summed E-state index contributed by atoms with van der Waals surface area (Å²) >= 11 is 0. The molecule has 0 nitrogen and oxygen atoms in total. The summed E-state index contributed by atoms with van der Waals surface area (Å²) in [5, 5.41) is 2.64. The van der Waals surface area contributed by atoms with Crippen molar-refractivity contribution in [3.05, 3.63) is 60.2 Å². The number of benzene rings is 2. The monoisotopic (exact) mass is 182 g/mol. The first-order valence-electron chi connectivity index (χ1n) is 4.99. The summed E-state index contributed by atoms with van der Waals surface area (Å²) < 4.78 is 0. The van der Waals surface area contributed by atoms with Crippen LogP contribution >= 0.6 is 0 Å². The highest BCUT2D eigenvalue weighted by molar-refractivity contribution is 5.83. The minimum atomic E-state index is 1.03. The number of allylic oxidation sites excluding steroid dienone is 2. The Morgan fingerprint density at radius 3 is 2.57 bits per heavy atom. The van der Waals surface area contributed by atoms with Gasteiger partial charge in [-0.2, -0.15) is 0 Å². The van der Waals surface area contributed by atoms with Crippen LogP contribution in [0.25, 0.3) is 10.8 Å². The van der Waals surface area contributed by atoms with Crippen LogP contribution in [0.1, 0.15) is 12.5 Å². The molecule has 0 aliphatic heterocycles. The Morgan fingerprint density at radius 2 is 1.79 bits per heavy atom. The molecule has 0 spiro atoms. The molecule has 0 saturated carbocycles. The fourth-order valence-electron chi connectivity index (χ4n) is 1.62. The minimum Gasteiger partial charge on any atom is -0.0913 e. The zero-order chi connectivity index (χ0) is 9.80. The van der Waals surface area contributed by atoms with Gasteiger partial charge in [0.25, 0.3) is 0 Å². The van der Waals surface area contributed by atoms with E-state index in [-0.39, 0.29) is 0 Å². The zero-order valence-electron chi connectivity index (χ0n) is 8.40. The Hall–Kier alpha value is -1.56. The van der Waals surface area contributed by atoms with E-state index in [0.717, 1.165) is 6.42 Å². The van der Waals surface area contributed by atoms with Crippen molar-refractivity contribution in [1.29, 1.82) is 0 Å². The van der Waals surface area contributed by atoms with E-state index in [9.17, 15) is 0 Å². The number of hydrogen-bond acceptors (Lipinski definition) is 0. The lowest BCUT2D eigenvalue weighted by Gasteiger charge is -2.00. The van der Waals surface area contributed by atoms with E-state index >= 15 is 0 Å². The van der Waals surface area contributed by atoms with Gasteiger partial charge in [-0.05, 0) is 29.7 Å². The Labute approximate surface area is 84.9 Å². The van der Waals surface area contributed by atoms with Gasteiger partial charge in [0.2, 0.25) is 0 Å². The van der Waals surface area contributed by atoms with Crippen molar-refractivity contribution in [2.24, 2.45) is 0 Å². The molecule has 0 aliphatic carbocycles. The molecule has 2 aromatic rings. The molecular formula is C14H14. The van der Waals surface area contributed by atoms with Crippen molar-refractivity contribution in [2.75, 3.05) is 0 Å². The molecule has 0 N–H and O–H groups in total. The van der Waals surface area contributed by atoms with E-state index in [2.05, 4.69) is 61.5 Å². The second kappa shape index (κ2) is 4.10. The summed E-state index contributed by atoms with van der Waals surface area (Å²) in [6, 6.07) is 15.1. The molecule has 0 radical (unpaired) electrons. The van der Waals surface area contributed by atoms with Crippen molar-refractivity contribution in [3.8, 4) is 0 Å². The summed E-state index contributed by atoms with van der Waals surface area (Å²) in [6.45, 7) is 2.06. The van der Waals surface area contributed by atoms with E-state index in [1.54, 1.807) is 0 Å². The van der Waals surface area contributed by atoms with Gasteiger partial charge in [-0.15, -0.1) is 0 Å². The third-order valence-electron chi connectivity index (χ3n) is 2.40. The van der Waals surface area contributed by atoms with E-state index in [4.69, 9.17) is 0 Å². The predicted octanol–water partition coefficient (Wildman–Crippen LogP) is 3.96. The quantitative estimate of drug-likeness (QED) is 0.617. The summed E-state index contributed by atoms with van der Waals surface area (Å²) in [5.41, 5.74) is 1.38. The molecule has 14 heavy (non-hydrogen) atoms. The van der Waals surface area contributed by atoms with Crippen LogP contribution < -0.4 is 0 Å². The second-order valence-electron chi connectivity index (χ2n) is 3.45. The molecule has 70 valence electrons. The first-order valence-corrected chi connectivity index (χ1v) is 4.99. The third kappa shape index (κ3) is 1.85. The summed E-state index contributed by atoms with van der Waals surface area (Å²) in [5.74, 6) is 0. The molecule has 0 aliphatic rings. The van der Waals surface area contributed by atoms with Crippen molar-refractivity contribution < 1.29 is 0 Å². The highest BCUT2D eigenvalue weighted by atomic mass is 14.0. The number of hydrogen-bond donors (Lipinski definition) is 0. The Morgan fingerprint density at radius 1 is 1.00 bits per heavy atom. The maximum atomic E-state index is 2.26. The largest absolute Gasteiger partial charge is 0.0913 e. The summed E-state index contributed by atoms with van der Waals surface area (Å²) in [7, 11) is 0. The first kappa shape index (κ1) is 9.01. The molecule has 2 rings (SSSR count). The fourth-order valence-corrected chi connectivity index (χ4v) is 1.62. The van der Waals surface area contributed by atoms with Crippen LogP contribution in [0.4, 0.5) is 0 Å². The highest BCUT2D eigenvalue weighted by Gasteiger charge is 1.93. The van der Waals surface area contributed by atoms with Crippen LogP contribution in [-0.4, -0.2) is 0 Å². The molecule has 0 fully saturated rings. The van der Waals surface area contributed by atoms with Crippen molar-refractivity contribution in [3.63, 3.8) is 0 Å². The molecule has 2 aromatic carbocycles. The van der Waals surface area contributed by atoms with Gasteiger partial charge in [0, 0.05) is 0 Å². The maximum absolute atomic E-state index is 2.26. The lowest BCUT2D eigenvalue weighted by atomic mass is 10.1. The second-order valence-corrected chi connectivity index (χ2v) is 3.45. The van der Waals surface area contributed by atoms with Crippen LogP contribution in [-0.2, 0) is 6.42 Å². The Kier molecular flexibility index (Phi) is 2.64. The van der Waals surface area contributed by atoms with Gasteiger partial charge in [-0.1, -0.05) is 54.6 Å². The standard InChI is InChI=1S/C14H14/c1-2-3-6-12-9-10-13-7-4-5-8-14(13)11-12/h2-5,7-11H,6H2,1H3/b3-2+. The topological polar surface area (TPSA) is 0 Å². The lowest BCUT2D eigenvalue weighted by Crippen LogP contribution is -1.80. The molecular weight excluding hydrogens is 168 g/mol. The van der Waals surface area contributed by atoms with Crippen LogP contribution in [0.3, 0.4) is 0 Å². The van der Waals surface area contributed by atoms with E-state index < -0.39 is 0 Å². The Bertz CT molecular complexity index is 452. The predicted molar refractivity (Wildman–Crippen MR) is 62.5 cm³/mol. The van der Waals surface area contributed by atoms with Gasteiger partial charge in [0.1, 0.15) is 0 Å². The van der Waals surface area contributed by atoms with Gasteiger partial charge in [-0.3, -0.25) is 0 Å². The first-order chi connectivity index (χ1) is 6.90. The van der Waals surface area contributed by atoms with Crippen molar-refractivity contribution in [2.45, 2.75) is 13.3 Å². The molecule has 0 saturated heterocycles. The van der Waals surface area contributed by atoms with Gasteiger partial charge in [0.05, 0.1) is 0 Å². The highest BCUT2D eigenvalue weighted by Crippen LogP contribution is 2.15. The van der Waals surface area contributed by atoms with Crippen molar-refractivity contribution >= 4 is 10.8 Å². The third-order valence-corrected chi connectivity index (χ3v) is 2.40. The average Bonchev–Trinajstić information content (AvgIpc) is 2.26. The normalized spacial score (nSPS) is 11.2. The van der Waals surface area contributed by atoms with Gasteiger partial charge < -0.3 is 0 Å². The molecule has 0 heteroatoms. The minimum absolute atomic E-state index is 1.03. The zero-order valence-corrected chi connectivity index (χ0v) is 8.40. The molecule has 0 heterocycles. The maximum Gasteiger partial charge on any atom is -0.00973 e. The number of rotatable bonds is 2.